The second kappa shape index (κ2) is 4.99. The highest BCUT2D eigenvalue weighted by Crippen LogP contribution is 2.27. The summed E-state index contributed by atoms with van der Waals surface area (Å²) in [4.78, 5) is 18.8. The number of nitrogens with one attached hydrogen (secondary N) is 1. The summed E-state index contributed by atoms with van der Waals surface area (Å²) in [6.07, 6.45) is 6.10. The fourth-order valence-electron chi connectivity index (χ4n) is 2.67. The number of hydrogen-bond donors (Lipinski definition) is 1. The molecular formula is C14H19N5. The van der Waals surface area contributed by atoms with Crippen LogP contribution in [0.5, 0.6) is 0 Å². The SMILES string of the molecule is Cc1nccc(N2CCC[C@H](c3ncc(C)[nH]3)C2)n1. The summed E-state index contributed by atoms with van der Waals surface area (Å²) in [6, 6.07) is 1.99. The first-order valence-corrected chi connectivity index (χ1v) is 6.78. The number of piperidine rings is 1. The van der Waals surface area contributed by atoms with E-state index in [9.17, 15) is 0 Å². The molecule has 1 atom stereocenters. The molecule has 1 N–H and O–H groups in total. The minimum Gasteiger partial charge on any atom is -0.356 e. The lowest BCUT2D eigenvalue weighted by Gasteiger charge is -2.32. The van der Waals surface area contributed by atoms with Crippen molar-refractivity contribution in [1.82, 2.24) is 19.9 Å². The molecule has 0 saturated carbocycles. The summed E-state index contributed by atoms with van der Waals surface area (Å²) in [5, 5.41) is 0. The molecule has 0 spiro atoms. The van der Waals surface area contributed by atoms with E-state index in [2.05, 4.69) is 24.8 Å². The van der Waals surface area contributed by atoms with Gasteiger partial charge in [-0.25, -0.2) is 15.0 Å². The zero-order valence-corrected chi connectivity index (χ0v) is 11.4. The van der Waals surface area contributed by atoms with Crippen LogP contribution in [-0.4, -0.2) is 33.0 Å². The Labute approximate surface area is 113 Å². The van der Waals surface area contributed by atoms with Gasteiger partial charge in [-0.1, -0.05) is 0 Å². The third-order valence-electron chi connectivity index (χ3n) is 3.62. The second-order valence-corrected chi connectivity index (χ2v) is 5.20. The molecule has 0 radical (unpaired) electrons. The van der Waals surface area contributed by atoms with E-state index in [4.69, 9.17) is 0 Å². The Balaban J connectivity index is 1.78. The number of aromatic amines is 1. The highest BCUT2D eigenvalue weighted by molar-refractivity contribution is 5.38. The predicted molar refractivity (Wildman–Crippen MR) is 74.3 cm³/mol. The molecule has 19 heavy (non-hydrogen) atoms. The molecule has 1 aliphatic heterocycles. The lowest BCUT2D eigenvalue weighted by molar-refractivity contribution is 0.491. The van der Waals surface area contributed by atoms with Crippen LogP contribution in [-0.2, 0) is 0 Å². The van der Waals surface area contributed by atoms with E-state index in [1.807, 2.05) is 32.3 Å². The molecule has 5 heteroatoms. The Bertz CT molecular complexity index is 562. The van der Waals surface area contributed by atoms with E-state index < -0.39 is 0 Å². The number of imidazole rings is 1. The van der Waals surface area contributed by atoms with Crippen molar-refractivity contribution < 1.29 is 0 Å². The third kappa shape index (κ3) is 2.59. The molecule has 100 valence electrons. The van der Waals surface area contributed by atoms with Gasteiger partial charge >= 0.3 is 0 Å². The topological polar surface area (TPSA) is 57.7 Å². The van der Waals surface area contributed by atoms with Gasteiger partial charge in [0.25, 0.3) is 0 Å². The number of H-pyrrole nitrogens is 1. The second-order valence-electron chi connectivity index (χ2n) is 5.20. The van der Waals surface area contributed by atoms with Crippen LogP contribution in [0.25, 0.3) is 0 Å². The third-order valence-corrected chi connectivity index (χ3v) is 3.62. The molecule has 0 aliphatic carbocycles. The summed E-state index contributed by atoms with van der Waals surface area (Å²) in [6.45, 7) is 6.02. The van der Waals surface area contributed by atoms with Crippen LogP contribution in [0, 0.1) is 13.8 Å². The number of nitrogens with zero attached hydrogens (tertiary/aromatic N) is 4. The minimum absolute atomic E-state index is 0.470. The van der Waals surface area contributed by atoms with E-state index in [1.165, 1.54) is 12.8 Å². The van der Waals surface area contributed by atoms with Gasteiger partial charge in [0.2, 0.25) is 0 Å². The quantitative estimate of drug-likeness (QED) is 0.896. The summed E-state index contributed by atoms with van der Waals surface area (Å²) in [5.41, 5.74) is 1.13. The van der Waals surface area contributed by atoms with E-state index in [0.717, 1.165) is 36.3 Å². The first-order valence-electron chi connectivity index (χ1n) is 6.78. The summed E-state index contributed by atoms with van der Waals surface area (Å²) in [7, 11) is 0. The molecule has 1 saturated heterocycles. The van der Waals surface area contributed by atoms with Crippen molar-refractivity contribution in [3.63, 3.8) is 0 Å². The molecule has 3 heterocycles. The highest BCUT2D eigenvalue weighted by Gasteiger charge is 2.24. The van der Waals surface area contributed by atoms with Crippen molar-refractivity contribution >= 4 is 5.82 Å². The molecule has 1 aliphatic rings. The summed E-state index contributed by atoms with van der Waals surface area (Å²) < 4.78 is 0. The van der Waals surface area contributed by atoms with Crippen molar-refractivity contribution in [2.45, 2.75) is 32.6 Å². The number of rotatable bonds is 2. The van der Waals surface area contributed by atoms with E-state index in [0.29, 0.717) is 5.92 Å². The molecule has 1 fully saturated rings. The molecule has 0 unspecified atom stereocenters. The molecule has 3 rings (SSSR count). The van der Waals surface area contributed by atoms with E-state index in [-0.39, 0.29) is 0 Å². The van der Waals surface area contributed by atoms with Crippen LogP contribution >= 0.6 is 0 Å². The van der Waals surface area contributed by atoms with Gasteiger partial charge in [-0.2, -0.15) is 0 Å². The maximum Gasteiger partial charge on any atom is 0.132 e. The van der Waals surface area contributed by atoms with Crippen LogP contribution in [0.15, 0.2) is 18.5 Å². The van der Waals surface area contributed by atoms with Gasteiger partial charge in [-0.3, -0.25) is 0 Å². The van der Waals surface area contributed by atoms with Gasteiger partial charge in [-0.15, -0.1) is 0 Å². The fourth-order valence-corrected chi connectivity index (χ4v) is 2.67. The van der Waals surface area contributed by atoms with Crippen molar-refractivity contribution in [1.29, 1.82) is 0 Å². The number of aromatic nitrogens is 4. The van der Waals surface area contributed by atoms with Gasteiger partial charge in [-0.05, 0) is 32.8 Å². The molecule has 5 nitrogen and oxygen atoms in total. The zero-order chi connectivity index (χ0) is 13.2. The Morgan fingerprint density at radius 3 is 2.95 bits per heavy atom. The van der Waals surface area contributed by atoms with Gasteiger partial charge < -0.3 is 9.88 Å². The van der Waals surface area contributed by atoms with Crippen LogP contribution in [0.2, 0.25) is 0 Å². The van der Waals surface area contributed by atoms with Crippen molar-refractivity contribution in [2.24, 2.45) is 0 Å². The molecule has 2 aromatic rings. The maximum absolute atomic E-state index is 4.51. The largest absolute Gasteiger partial charge is 0.356 e. The molecular weight excluding hydrogens is 238 g/mol. The fraction of sp³-hybridized carbons (Fsp3) is 0.500. The van der Waals surface area contributed by atoms with Crippen molar-refractivity contribution in [3.8, 4) is 0 Å². The average molecular weight is 257 g/mol. The van der Waals surface area contributed by atoms with Gasteiger partial charge in [0.1, 0.15) is 17.5 Å². The van der Waals surface area contributed by atoms with Gasteiger partial charge in [0.15, 0.2) is 0 Å². The van der Waals surface area contributed by atoms with Crippen LogP contribution in [0.4, 0.5) is 5.82 Å². The number of anilines is 1. The first-order chi connectivity index (χ1) is 9.22. The van der Waals surface area contributed by atoms with Crippen LogP contribution in [0.3, 0.4) is 0 Å². The monoisotopic (exact) mass is 257 g/mol. The smallest absolute Gasteiger partial charge is 0.132 e. The lowest BCUT2D eigenvalue weighted by Crippen LogP contribution is -2.35. The van der Waals surface area contributed by atoms with Crippen molar-refractivity contribution in [3.05, 3.63) is 35.8 Å². The van der Waals surface area contributed by atoms with Crippen molar-refractivity contribution in [2.75, 3.05) is 18.0 Å². The van der Waals surface area contributed by atoms with Gasteiger partial charge in [0.05, 0.1) is 0 Å². The summed E-state index contributed by atoms with van der Waals surface area (Å²) >= 11 is 0. The summed E-state index contributed by atoms with van der Waals surface area (Å²) in [5.74, 6) is 3.43. The molecule has 0 amide bonds. The highest BCUT2D eigenvalue weighted by atomic mass is 15.2. The number of hydrogen-bond acceptors (Lipinski definition) is 4. The number of aryl methyl sites for hydroxylation is 2. The molecule has 2 aromatic heterocycles. The molecule has 0 aromatic carbocycles. The van der Waals surface area contributed by atoms with Gasteiger partial charge in [0, 0.05) is 37.1 Å². The first kappa shape index (κ1) is 12.1. The predicted octanol–water partition coefficient (Wildman–Crippen LogP) is 2.20. The Hall–Kier alpha value is -1.91. The Morgan fingerprint density at radius 1 is 1.32 bits per heavy atom. The normalized spacial score (nSPS) is 19.7. The Morgan fingerprint density at radius 2 is 2.21 bits per heavy atom. The molecule has 0 bridgehead atoms. The van der Waals surface area contributed by atoms with Crippen LogP contribution in [0.1, 0.15) is 36.1 Å². The van der Waals surface area contributed by atoms with E-state index >= 15 is 0 Å². The standard InChI is InChI=1S/C14H19N5/c1-10-8-16-14(17-10)12-4-3-7-19(9-12)13-5-6-15-11(2)18-13/h5-6,8,12H,3-4,7,9H2,1-2H3,(H,16,17)/t12-/m0/s1. The Kier molecular flexibility index (Phi) is 3.19. The lowest BCUT2D eigenvalue weighted by atomic mass is 9.97. The minimum atomic E-state index is 0.470. The average Bonchev–Trinajstić information content (AvgIpc) is 2.86. The maximum atomic E-state index is 4.51. The van der Waals surface area contributed by atoms with Crippen LogP contribution < -0.4 is 4.90 Å². The van der Waals surface area contributed by atoms with E-state index in [1.54, 1.807) is 0 Å². The zero-order valence-electron chi connectivity index (χ0n) is 11.4.